The van der Waals surface area contributed by atoms with Crippen molar-refractivity contribution in [3.05, 3.63) is 144 Å². The predicted molar refractivity (Wildman–Crippen MR) is 183 cm³/mol. The van der Waals surface area contributed by atoms with Crippen LogP contribution in [0, 0.1) is 0 Å². The molecule has 0 aliphatic heterocycles. The summed E-state index contributed by atoms with van der Waals surface area (Å²) in [6.07, 6.45) is 0.0660. The van der Waals surface area contributed by atoms with E-state index in [9.17, 15) is 19.5 Å². The fourth-order valence-corrected chi connectivity index (χ4v) is 6.23. The Hall–Kier alpha value is -6.22. The Kier molecular flexibility index (Phi) is 8.40. The van der Waals surface area contributed by atoms with Crippen molar-refractivity contribution in [1.29, 1.82) is 0 Å². The third kappa shape index (κ3) is 6.01. The molecule has 1 aliphatic rings. The highest BCUT2D eigenvalue weighted by molar-refractivity contribution is 5.97. The minimum absolute atomic E-state index is 0.00101. The summed E-state index contributed by atoms with van der Waals surface area (Å²) < 4.78 is 7.37. The Morgan fingerprint density at radius 1 is 0.708 bits per heavy atom. The zero-order chi connectivity index (χ0) is 33.0. The molecule has 0 fully saturated rings. The molecule has 238 valence electrons. The Morgan fingerprint density at radius 3 is 2.00 bits per heavy atom. The highest BCUT2D eigenvalue weighted by atomic mass is 16.5. The molecule has 1 aromatic heterocycles. The first-order valence-corrected chi connectivity index (χ1v) is 15.8. The van der Waals surface area contributed by atoms with Gasteiger partial charge in [0.15, 0.2) is 0 Å². The second-order valence-electron chi connectivity index (χ2n) is 11.6. The number of fused-ring (bicyclic) bond motifs is 4. The van der Waals surface area contributed by atoms with Gasteiger partial charge in [-0.3, -0.25) is 4.79 Å². The van der Waals surface area contributed by atoms with E-state index in [1.807, 2.05) is 60.7 Å². The van der Waals surface area contributed by atoms with Crippen molar-refractivity contribution < 1.29 is 24.2 Å². The number of amides is 2. The molecule has 48 heavy (non-hydrogen) atoms. The fraction of sp³-hybridized carbons (Fsp3) is 0.128. The van der Waals surface area contributed by atoms with Gasteiger partial charge in [-0.2, -0.15) is 5.10 Å². The second-order valence-corrected chi connectivity index (χ2v) is 11.6. The Labute approximate surface area is 276 Å². The van der Waals surface area contributed by atoms with Crippen LogP contribution < -0.4 is 10.6 Å². The van der Waals surface area contributed by atoms with Gasteiger partial charge in [0, 0.05) is 35.5 Å². The summed E-state index contributed by atoms with van der Waals surface area (Å²) in [6.45, 7) is 1.01. The minimum Gasteiger partial charge on any atom is -0.478 e. The molecular weight excluding hydrogens is 604 g/mol. The van der Waals surface area contributed by atoms with Crippen molar-refractivity contribution >= 4 is 28.9 Å². The quantitative estimate of drug-likeness (QED) is 0.139. The maximum Gasteiger partial charge on any atom is 0.407 e. The van der Waals surface area contributed by atoms with E-state index in [1.54, 1.807) is 41.1 Å². The monoisotopic (exact) mass is 636 g/mol. The molecule has 3 N–H and O–H groups in total. The molecule has 9 heteroatoms. The smallest absolute Gasteiger partial charge is 0.407 e. The van der Waals surface area contributed by atoms with Crippen LogP contribution in [0.25, 0.3) is 39.0 Å². The van der Waals surface area contributed by atoms with E-state index in [4.69, 9.17) is 9.84 Å². The van der Waals surface area contributed by atoms with Gasteiger partial charge >= 0.3 is 12.1 Å². The van der Waals surface area contributed by atoms with Gasteiger partial charge in [0.2, 0.25) is 0 Å². The molecule has 5 aromatic carbocycles. The molecule has 0 saturated heterocycles. The Balaban J connectivity index is 0.909. The largest absolute Gasteiger partial charge is 0.478 e. The fourth-order valence-electron chi connectivity index (χ4n) is 6.23. The van der Waals surface area contributed by atoms with Crippen LogP contribution >= 0.6 is 0 Å². The van der Waals surface area contributed by atoms with E-state index in [0.29, 0.717) is 25.1 Å². The van der Waals surface area contributed by atoms with E-state index in [2.05, 4.69) is 34.9 Å². The third-order valence-electron chi connectivity index (χ3n) is 8.62. The Bertz CT molecular complexity index is 2090. The van der Waals surface area contributed by atoms with Crippen molar-refractivity contribution in [3.8, 4) is 28.1 Å². The molecule has 0 spiro atoms. The summed E-state index contributed by atoms with van der Waals surface area (Å²) in [6, 6.07) is 38.0. The number of aromatic nitrogens is 2. The van der Waals surface area contributed by atoms with Crippen LogP contribution in [0.3, 0.4) is 0 Å². The lowest BCUT2D eigenvalue weighted by Crippen LogP contribution is -2.30. The average Bonchev–Trinajstić information content (AvgIpc) is 3.67. The van der Waals surface area contributed by atoms with Crippen molar-refractivity contribution in [2.45, 2.75) is 12.3 Å². The lowest BCUT2D eigenvalue weighted by atomic mass is 9.98. The van der Waals surface area contributed by atoms with Crippen LogP contribution in [-0.2, 0) is 4.74 Å². The third-order valence-corrected chi connectivity index (χ3v) is 8.62. The maximum absolute atomic E-state index is 12.8. The van der Waals surface area contributed by atoms with Crippen molar-refractivity contribution in [2.24, 2.45) is 0 Å². The highest BCUT2D eigenvalue weighted by Crippen LogP contribution is 2.44. The zero-order valence-corrected chi connectivity index (χ0v) is 25.9. The van der Waals surface area contributed by atoms with Crippen LogP contribution in [0.4, 0.5) is 4.79 Å². The number of carboxylic acids is 1. The van der Waals surface area contributed by atoms with Gasteiger partial charge < -0.3 is 20.5 Å². The van der Waals surface area contributed by atoms with Crippen LogP contribution in [0.15, 0.2) is 121 Å². The molecule has 1 aliphatic carbocycles. The molecule has 6 aromatic rings. The van der Waals surface area contributed by atoms with Crippen molar-refractivity contribution in [1.82, 2.24) is 20.4 Å². The Morgan fingerprint density at radius 2 is 1.31 bits per heavy atom. The van der Waals surface area contributed by atoms with E-state index in [-0.39, 0.29) is 24.0 Å². The van der Waals surface area contributed by atoms with Gasteiger partial charge in [0.1, 0.15) is 12.3 Å². The normalized spacial score (nSPS) is 11.9. The number of ether oxygens (including phenoxy) is 1. The summed E-state index contributed by atoms with van der Waals surface area (Å²) in [7, 11) is 0. The topological polar surface area (TPSA) is 123 Å². The van der Waals surface area contributed by atoms with Gasteiger partial charge in [0.05, 0.1) is 16.8 Å². The van der Waals surface area contributed by atoms with E-state index in [0.717, 1.165) is 39.0 Å². The van der Waals surface area contributed by atoms with E-state index >= 15 is 0 Å². The van der Waals surface area contributed by atoms with Gasteiger partial charge in [0.25, 0.3) is 5.91 Å². The maximum atomic E-state index is 12.8. The van der Waals surface area contributed by atoms with Crippen LogP contribution in [-0.4, -0.2) is 52.6 Å². The summed E-state index contributed by atoms with van der Waals surface area (Å²) in [5, 5.41) is 20.7. The number of hydrogen-bond donors (Lipinski definition) is 3. The van der Waals surface area contributed by atoms with Gasteiger partial charge in [-0.15, -0.1) is 0 Å². The number of alkyl carbamates (subject to hydrolysis) is 1. The van der Waals surface area contributed by atoms with Gasteiger partial charge in [-0.25, -0.2) is 14.3 Å². The second kappa shape index (κ2) is 13.3. The number of carbonyl (C=O) groups excluding carboxylic acids is 2. The molecule has 0 unspecified atom stereocenters. The average molecular weight is 637 g/mol. The molecule has 0 bridgehead atoms. The molecule has 1 heterocycles. The molecular formula is C39H32N4O5. The molecule has 0 radical (unpaired) electrons. The number of nitrogens with one attached hydrogen (secondary N) is 2. The van der Waals surface area contributed by atoms with E-state index < -0.39 is 12.1 Å². The number of aromatic carboxylic acids is 1. The zero-order valence-electron chi connectivity index (χ0n) is 25.9. The van der Waals surface area contributed by atoms with Crippen LogP contribution in [0.1, 0.15) is 44.2 Å². The first kappa shape index (κ1) is 30.4. The number of hydrogen-bond acceptors (Lipinski definition) is 5. The van der Waals surface area contributed by atoms with Crippen molar-refractivity contribution in [2.75, 3.05) is 19.7 Å². The lowest BCUT2D eigenvalue weighted by molar-refractivity contribution is 0.0696. The first-order valence-electron chi connectivity index (χ1n) is 15.8. The number of benzene rings is 5. The van der Waals surface area contributed by atoms with Gasteiger partial charge in [-0.1, -0.05) is 78.9 Å². The number of para-hydroxylation sites is 1. The number of nitrogens with zero attached hydrogens (tertiary/aromatic N) is 2. The minimum atomic E-state index is -0.984. The van der Waals surface area contributed by atoms with Crippen LogP contribution in [0.5, 0.6) is 0 Å². The summed E-state index contributed by atoms with van der Waals surface area (Å²) in [4.78, 5) is 36.6. The summed E-state index contributed by atoms with van der Waals surface area (Å²) in [5.41, 5.74) is 8.61. The molecule has 0 atom stereocenters. The summed E-state index contributed by atoms with van der Waals surface area (Å²) in [5.74, 6) is -1.19. The summed E-state index contributed by atoms with van der Waals surface area (Å²) >= 11 is 0. The number of carbonyl (C=O) groups is 3. The number of carboxylic acid groups (broad SMARTS) is 1. The molecule has 0 saturated carbocycles. The van der Waals surface area contributed by atoms with Crippen LogP contribution in [0.2, 0.25) is 0 Å². The SMILES string of the molecule is O=C(NCCCNC(=O)c1ccc(-c2nn(-c3ccc(C(=O)O)cc3)c3ccccc23)cc1)OCC1c2ccccc2-c2ccccc21. The molecule has 7 rings (SSSR count). The molecule has 2 amide bonds. The van der Waals surface area contributed by atoms with Crippen molar-refractivity contribution in [3.63, 3.8) is 0 Å². The molecule has 9 nitrogen and oxygen atoms in total. The predicted octanol–water partition coefficient (Wildman–Crippen LogP) is 7.05. The lowest BCUT2D eigenvalue weighted by Gasteiger charge is -2.14. The highest BCUT2D eigenvalue weighted by Gasteiger charge is 2.29. The number of rotatable bonds is 10. The first-order chi connectivity index (χ1) is 23.5. The van der Waals surface area contributed by atoms with E-state index in [1.165, 1.54) is 11.1 Å². The van der Waals surface area contributed by atoms with Gasteiger partial charge in [-0.05, 0) is 71.1 Å². The standard InChI is InChI=1S/C39H32N4O5/c44-37(40-22-7-23-41-39(47)48-24-34-31-10-3-1-8-29(31)30-9-2-4-11-32(30)34)26-16-14-25(15-17-26)36-33-12-5-6-13-35(33)43(42-36)28-20-18-27(19-21-28)38(45)46/h1-6,8-21,34H,7,22-24H2,(H,40,44)(H,41,47)(H,45,46).